The molecule has 0 saturated carbocycles. The molecular formula is C21H30N8O. The minimum Gasteiger partial charge on any atom is -0.340 e. The van der Waals surface area contributed by atoms with Crippen LogP contribution in [0.3, 0.4) is 0 Å². The van der Waals surface area contributed by atoms with Crippen molar-refractivity contribution < 1.29 is 4.79 Å². The molecule has 1 fully saturated rings. The van der Waals surface area contributed by atoms with Gasteiger partial charge in [-0.15, -0.1) is 15.3 Å². The number of nitrogens with zero attached hydrogens (tertiary/aromatic N) is 8. The minimum atomic E-state index is 0.234. The number of aryl methyl sites for hydroxylation is 2. The van der Waals surface area contributed by atoms with Crippen LogP contribution < -0.4 is 0 Å². The summed E-state index contributed by atoms with van der Waals surface area (Å²) in [5, 5.41) is 17.5. The first-order valence-electron chi connectivity index (χ1n) is 10.7. The fourth-order valence-electron chi connectivity index (χ4n) is 4.19. The van der Waals surface area contributed by atoms with Crippen molar-refractivity contribution in [2.24, 2.45) is 0 Å². The molecule has 0 aliphatic carbocycles. The lowest BCUT2D eigenvalue weighted by Crippen LogP contribution is -2.48. The lowest BCUT2D eigenvalue weighted by molar-refractivity contribution is -0.132. The Bertz CT molecular complexity index is 1040. The summed E-state index contributed by atoms with van der Waals surface area (Å²) in [6, 6.07) is 3.79. The monoisotopic (exact) mass is 410 g/mol. The predicted molar refractivity (Wildman–Crippen MR) is 114 cm³/mol. The number of piperazine rings is 1. The van der Waals surface area contributed by atoms with E-state index in [-0.39, 0.29) is 5.91 Å². The molecular weight excluding hydrogens is 380 g/mol. The minimum absolute atomic E-state index is 0.234. The standard InChI is InChI=1S/C21H30N8O/c1-5-10-26-11-13-27(14-12-26)21(30)9-6-18-15(2)24-28(16(18)3)20-8-7-19-23-22-17(4)29(19)25-20/h7-8H,5-6,9-14H2,1-4H3. The molecule has 0 N–H and O–H groups in total. The SMILES string of the molecule is CCCN1CCN(C(=O)CCc2c(C)nn(-c3ccc4nnc(C)n4n3)c2C)CC1. The van der Waals surface area contributed by atoms with E-state index in [0.717, 1.165) is 67.7 Å². The maximum Gasteiger partial charge on any atom is 0.222 e. The van der Waals surface area contributed by atoms with E-state index in [1.165, 1.54) is 0 Å². The smallest absolute Gasteiger partial charge is 0.222 e. The molecule has 0 spiro atoms. The van der Waals surface area contributed by atoms with E-state index < -0.39 is 0 Å². The maximum absolute atomic E-state index is 12.7. The Labute approximate surface area is 176 Å². The summed E-state index contributed by atoms with van der Waals surface area (Å²) in [4.78, 5) is 17.2. The third kappa shape index (κ3) is 3.94. The van der Waals surface area contributed by atoms with Crippen LogP contribution in [0.1, 0.15) is 42.5 Å². The molecule has 160 valence electrons. The van der Waals surface area contributed by atoms with E-state index in [1.807, 2.05) is 42.5 Å². The Morgan fingerprint density at radius 3 is 2.53 bits per heavy atom. The first kappa shape index (κ1) is 20.5. The van der Waals surface area contributed by atoms with Crippen LogP contribution in [0.5, 0.6) is 0 Å². The van der Waals surface area contributed by atoms with Crippen LogP contribution in [0, 0.1) is 20.8 Å². The zero-order valence-electron chi connectivity index (χ0n) is 18.3. The summed E-state index contributed by atoms with van der Waals surface area (Å²) in [6.45, 7) is 12.8. The van der Waals surface area contributed by atoms with Crippen molar-refractivity contribution >= 4 is 11.6 Å². The van der Waals surface area contributed by atoms with Crippen molar-refractivity contribution in [3.63, 3.8) is 0 Å². The number of amides is 1. The Morgan fingerprint density at radius 1 is 1.03 bits per heavy atom. The number of hydrogen-bond donors (Lipinski definition) is 0. The van der Waals surface area contributed by atoms with E-state index in [9.17, 15) is 4.79 Å². The highest BCUT2D eigenvalue weighted by atomic mass is 16.2. The molecule has 0 radical (unpaired) electrons. The molecule has 0 atom stereocenters. The van der Waals surface area contributed by atoms with E-state index in [1.54, 1.807) is 4.52 Å². The number of aromatic nitrogens is 6. The second-order valence-corrected chi connectivity index (χ2v) is 7.99. The van der Waals surface area contributed by atoms with Gasteiger partial charge >= 0.3 is 0 Å². The molecule has 1 aliphatic heterocycles. The summed E-state index contributed by atoms with van der Waals surface area (Å²) in [6.07, 6.45) is 2.37. The molecule has 1 amide bonds. The Hall–Kier alpha value is -2.81. The molecule has 0 bridgehead atoms. The number of hydrogen-bond acceptors (Lipinski definition) is 6. The fourth-order valence-corrected chi connectivity index (χ4v) is 4.19. The van der Waals surface area contributed by atoms with Gasteiger partial charge in [-0.1, -0.05) is 6.92 Å². The van der Waals surface area contributed by atoms with E-state index in [0.29, 0.717) is 18.5 Å². The summed E-state index contributed by atoms with van der Waals surface area (Å²) in [7, 11) is 0. The van der Waals surface area contributed by atoms with E-state index in [2.05, 4.69) is 27.1 Å². The average Bonchev–Trinajstić information content (AvgIpc) is 3.26. The number of rotatable bonds is 6. The van der Waals surface area contributed by atoms with Crippen LogP contribution >= 0.6 is 0 Å². The van der Waals surface area contributed by atoms with Crippen molar-refractivity contribution in [3.8, 4) is 5.82 Å². The Morgan fingerprint density at radius 2 is 1.80 bits per heavy atom. The topological polar surface area (TPSA) is 84.5 Å². The molecule has 0 unspecified atom stereocenters. The van der Waals surface area contributed by atoms with Crippen LogP contribution in [-0.4, -0.2) is 78.0 Å². The largest absolute Gasteiger partial charge is 0.340 e. The van der Waals surface area contributed by atoms with Gasteiger partial charge in [0.1, 0.15) is 0 Å². The van der Waals surface area contributed by atoms with Crippen LogP contribution in [0.4, 0.5) is 0 Å². The van der Waals surface area contributed by atoms with Crippen molar-refractivity contribution in [2.45, 2.75) is 47.0 Å². The number of carbonyl (C=O) groups excluding carboxylic acids is 1. The van der Waals surface area contributed by atoms with Crippen molar-refractivity contribution in [2.75, 3.05) is 32.7 Å². The van der Waals surface area contributed by atoms with Gasteiger partial charge in [0, 0.05) is 38.3 Å². The van der Waals surface area contributed by atoms with Gasteiger partial charge in [-0.3, -0.25) is 9.69 Å². The second kappa shape index (κ2) is 8.51. The van der Waals surface area contributed by atoms with Gasteiger partial charge in [-0.2, -0.15) is 9.61 Å². The lowest BCUT2D eigenvalue weighted by atomic mass is 10.1. The molecule has 4 rings (SSSR count). The van der Waals surface area contributed by atoms with Gasteiger partial charge in [0.15, 0.2) is 17.3 Å². The van der Waals surface area contributed by atoms with Gasteiger partial charge in [-0.25, -0.2) is 4.68 Å². The van der Waals surface area contributed by atoms with Crippen LogP contribution in [0.25, 0.3) is 11.5 Å². The van der Waals surface area contributed by atoms with Crippen molar-refractivity contribution in [1.29, 1.82) is 0 Å². The molecule has 1 saturated heterocycles. The first-order chi connectivity index (χ1) is 14.5. The quantitative estimate of drug-likeness (QED) is 0.615. The van der Waals surface area contributed by atoms with Gasteiger partial charge in [0.2, 0.25) is 5.91 Å². The molecule has 3 aromatic rings. The maximum atomic E-state index is 12.7. The van der Waals surface area contributed by atoms with Gasteiger partial charge in [0.25, 0.3) is 0 Å². The normalized spacial score (nSPS) is 15.3. The summed E-state index contributed by atoms with van der Waals surface area (Å²) >= 11 is 0. The molecule has 1 aliphatic rings. The van der Waals surface area contributed by atoms with Crippen LogP contribution in [0.15, 0.2) is 12.1 Å². The highest BCUT2D eigenvalue weighted by Crippen LogP contribution is 2.19. The van der Waals surface area contributed by atoms with E-state index >= 15 is 0 Å². The fraction of sp³-hybridized carbons (Fsp3) is 0.571. The predicted octanol–water partition coefficient (Wildman–Crippen LogP) is 1.72. The van der Waals surface area contributed by atoms with Crippen LogP contribution in [0.2, 0.25) is 0 Å². The van der Waals surface area contributed by atoms with Gasteiger partial charge < -0.3 is 4.90 Å². The van der Waals surface area contributed by atoms with Crippen molar-refractivity contribution in [1.82, 2.24) is 39.4 Å². The lowest BCUT2D eigenvalue weighted by Gasteiger charge is -2.34. The van der Waals surface area contributed by atoms with Crippen LogP contribution in [-0.2, 0) is 11.2 Å². The summed E-state index contributed by atoms with van der Waals surface area (Å²) in [5.74, 6) is 1.69. The molecule has 9 heteroatoms. The molecule has 30 heavy (non-hydrogen) atoms. The highest BCUT2D eigenvalue weighted by molar-refractivity contribution is 5.76. The Kier molecular flexibility index (Phi) is 5.80. The molecule has 9 nitrogen and oxygen atoms in total. The van der Waals surface area contributed by atoms with Gasteiger partial charge in [-0.05, 0) is 57.9 Å². The molecule has 4 heterocycles. The number of fused-ring (bicyclic) bond motifs is 1. The molecule has 0 aromatic carbocycles. The third-order valence-electron chi connectivity index (χ3n) is 5.92. The summed E-state index contributed by atoms with van der Waals surface area (Å²) < 4.78 is 3.56. The average molecular weight is 411 g/mol. The summed E-state index contributed by atoms with van der Waals surface area (Å²) in [5.41, 5.74) is 3.79. The Balaban J connectivity index is 1.45. The highest BCUT2D eigenvalue weighted by Gasteiger charge is 2.22. The van der Waals surface area contributed by atoms with Gasteiger partial charge in [0.05, 0.1) is 5.69 Å². The van der Waals surface area contributed by atoms with Crippen molar-refractivity contribution in [3.05, 3.63) is 34.9 Å². The number of carbonyl (C=O) groups is 1. The molecule has 3 aromatic heterocycles. The van der Waals surface area contributed by atoms with E-state index in [4.69, 9.17) is 5.10 Å². The zero-order valence-corrected chi connectivity index (χ0v) is 18.3. The zero-order chi connectivity index (χ0) is 21.3. The third-order valence-corrected chi connectivity index (χ3v) is 5.92. The second-order valence-electron chi connectivity index (χ2n) is 7.99. The first-order valence-corrected chi connectivity index (χ1v) is 10.7.